The number of ketones is 1. The van der Waals surface area contributed by atoms with Crippen LogP contribution in [-0.2, 0) is 13.5 Å². The summed E-state index contributed by atoms with van der Waals surface area (Å²) in [5, 5.41) is 8.26. The summed E-state index contributed by atoms with van der Waals surface area (Å²) < 4.78 is 1.54. The summed E-state index contributed by atoms with van der Waals surface area (Å²) in [5.74, 6) is -0.127. The van der Waals surface area contributed by atoms with E-state index in [1.54, 1.807) is 36.1 Å². The fraction of sp³-hybridized carbons (Fsp3) is 0.182. The largest absolute Gasteiger partial charge is 0.294 e. The predicted octanol–water partition coefficient (Wildman–Crippen LogP) is 2.55. The van der Waals surface area contributed by atoms with Crippen LogP contribution in [0.15, 0.2) is 24.4 Å². The number of hydrogen-bond donors (Lipinski definition) is 0. The molecular formula is C11H9Cl2N3O. The van der Waals surface area contributed by atoms with Crippen LogP contribution in [0.3, 0.4) is 0 Å². The molecule has 4 nitrogen and oxygen atoms in total. The first-order chi connectivity index (χ1) is 8.08. The Morgan fingerprint density at radius 2 is 2.18 bits per heavy atom. The van der Waals surface area contributed by atoms with Gasteiger partial charge in [0.25, 0.3) is 0 Å². The second-order valence-corrected chi connectivity index (χ2v) is 4.37. The van der Waals surface area contributed by atoms with Crippen LogP contribution in [0.5, 0.6) is 0 Å². The lowest BCUT2D eigenvalue weighted by Crippen LogP contribution is -2.04. The van der Waals surface area contributed by atoms with Gasteiger partial charge in [-0.1, -0.05) is 34.5 Å². The number of benzene rings is 1. The fourth-order valence-electron chi connectivity index (χ4n) is 1.46. The van der Waals surface area contributed by atoms with E-state index in [-0.39, 0.29) is 17.2 Å². The number of aryl methyl sites for hydroxylation is 1. The summed E-state index contributed by atoms with van der Waals surface area (Å²) in [7, 11) is 1.74. The normalized spacial score (nSPS) is 10.5. The number of aromatic nitrogens is 3. The van der Waals surface area contributed by atoms with Crippen molar-refractivity contribution in [2.45, 2.75) is 6.42 Å². The third-order valence-corrected chi connectivity index (χ3v) is 3.06. The average Bonchev–Trinajstić information content (AvgIpc) is 2.68. The summed E-state index contributed by atoms with van der Waals surface area (Å²) in [6.45, 7) is 0. The summed E-state index contributed by atoms with van der Waals surface area (Å²) in [4.78, 5) is 12.0. The zero-order chi connectivity index (χ0) is 12.4. The molecule has 0 fully saturated rings. The summed E-state index contributed by atoms with van der Waals surface area (Å²) in [6.07, 6.45) is 1.85. The Balaban J connectivity index is 2.23. The fourth-order valence-corrected chi connectivity index (χ4v) is 1.86. The van der Waals surface area contributed by atoms with Gasteiger partial charge in [0.15, 0.2) is 5.78 Å². The lowest BCUT2D eigenvalue weighted by atomic mass is 10.1. The van der Waals surface area contributed by atoms with Crippen molar-refractivity contribution in [3.8, 4) is 0 Å². The molecule has 0 aliphatic heterocycles. The van der Waals surface area contributed by atoms with Crippen LogP contribution in [0.4, 0.5) is 0 Å². The number of nitrogens with zero attached hydrogens (tertiary/aromatic N) is 3. The highest BCUT2D eigenvalue weighted by atomic mass is 35.5. The van der Waals surface area contributed by atoms with E-state index in [0.717, 1.165) is 0 Å². The van der Waals surface area contributed by atoms with Crippen LogP contribution in [0.2, 0.25) is 10.0 Å². The van der Waals surface area contributed by atoms with Gasteiger partial charge in [-0.2, -0.15) is 0 Å². The molecule has 0 N–H and O–H groups in total. The molecule has 88 valence electrons. The van der Waals surface area contributed by atoms with Crippen molar-refractivity contribution in [2.24, 2.45) is 7.05 Å². The van der Waals surface area contributed by atoms with Crippen LogP contribution in [-0.4, -0.2) is 20.8 Å². The molecule has 0 amide bonds. The molecule has 6 heteroatoms. The van der Waals surface area contributed by atoms with E-state index in [0.29, 0.717) is 16.3 Å². The highest BCUT2D eigenvalue weighted by Gasteiger charge is 2.14. The molecule has 0 unspecified atom stereocenters. The van der Waals surface area contributed by atoms with E-state index in [4.69, 9.17) is 23.2 Å². The van der Waals surface area contributed by atoms with Crippen molar-refractivity contribution in [1.82, 2.24) is 15.0 Å². The van der Waals surface area contributed by atoms with Crippen molar-refractivity contribution in [3.05, 3.63) is 45.7 Å². The molecule has 17 heavy (non-hydrogen) atoms. The number of hydrogen-bond acceptors (Lipinski definition) is 3. The first-order valence-corrected chi connectivity index (χ1v) is 5.66. The SMILES string of the molecule is Cn1cc(CC(=O)c2cccc(Cl)c2Cl)nn1. The standard InChI is InChI=1S/C11H9Cl2N3O/c1-16-6-7(14-15-16)5-10(17)8-3-2-4-9(12)11(8)13/h2-4,6H,5H2,1H3. The highest BCUT2D eigenvalue weighted by Crippen LogP contribution is 2.26. The number of Topliss-reactive ketones (excluding diaryl/α,β-unsaturated/α-hetero) is 1. The Hall–Kier alpha value is -1.39. The number of carbonyl (C=O) groups is 1. The maximum atomic E-state index is 12.0. The van der Waals surface area contributed by atoms with Gasteiger partial charge in [-0.25, -0.2) is 0 Å². The van der Waals surface area contributed by atoms with Crippen LogP contribution in [0.1, 0.15) is 16.1 Å². The van der Waals surface area contributed by atoms with Gasteiger partial charge in [-0.15, -0.1) is 5.10 Å². The summed E-state index contributed by atoms with van der Waals surface area (Å²) >= 11 is 11.8. The second-order valence-electron chi connectivity index (χ2n) is 3.58. The van der Waals surface area contributed by atoms with E-state index in [2.05, 4.69) is 10.3 Å². The van der Waals surface area contributed by atoms with Crippen LogP contribution in [0, 0.1) is 0 Å². The van der Waals surface area contributed by atoms with Crippen molar-refractivity contribution < 1.29 is 4.79 Å². The van der Waals surface area contributed by atoms with Crippen molar-refractivity contribution in [1.29, 1.82) is 0 Å². The zero-order valence-corrected chi connectivity index (χ0v) is 10.5. The monoisotopic (exact) mass is 269 g/mol. The van der Waals surface area contributed by atoms with Crippen molar-refractivity contribution in [2.75, 3.05) is 0 Å². The Labute approximate surface area is 108 Å². The molecule has 0 saturated heterocycles. The molecule has 0 bridgehead atoms. The van der Waals surface area contributed by atoms with E-state index in [1.807, 2.05) is 0 Å². The van der Waals surface area contributed by atoms with Gasteiger partial charge in [-0.05, 0) is 12.1 Å². The molecule has 1 aromatic carbocycles. The smallest absolute Gasteiger partial charge is 0.170 e. The second kappa shape index (κ2) is 4.85. The first-order valence-electron chi connectivity index (χ1n) is 4.90. The van der Waals surface area contributed by atoms with E-state index in [1.165, 1.54) is 0 Å². The minimum atomic E-state index is -0.127. The Morgan fingerprint density at radius 3 is 2.82 bits per heavy atom. The third-order valence-electron chi connectivity index (χ3n) is 2.24. The number of rotatable bonds is 3. The topological polar surface area (TPSA) is 47.8 Å². The molecule has 0 aliphatic rings. The lowest BCUT2D eigenvalue weighted by Gasteiger charge is -2.03. The number of carbonyl (C=O) groups excluding carboxylic acids is 1. The summed E-state index contributed by atoms with van der Waals surface area (Å²) in [6, 6.07) is 4.98. The summed E-state index contributed by atoms with van der Waals surface area (Å²) in [5.41, 5.74) is 1.01. The molecule has 2 rings (SSSR count). The van der Waals surface area contributed by atoms with Crippen molar-refractivity contribution >= 4 is 29.0 Å². The maximum absolute atomic E-state index is 12.0. The molecule has 0 aliphatic carbocycles. The minimum absolute atomic E-state index is 0.127. The molecule has 0 spiro atoms. The first kappa shape index (κ1) is 12.1. The van der Waals surface area contributed by atoms with Gasteiger partial charge in [0, 0.05) is 18.8 Å². The Kier molecular flexibility index (Phi) is 3.45. The maximum Gasteiger partial charge on any atom is 0.170 e. The van der Waals surface area contributed by atoms with Crippen LogP contribution < -0.4 is 0 Å². The average molecular weight is 270 g/mol. The van der Waals surface area contributed by atoms with E-state index >= 15 is 0 Å². The molecule has 0 saturated carbocycles. The van der Waals surface area contributed by atoms with Gasteiger partial charge < -0.3 is 0 Å². The lowest BCUT2D eigenvalue weighted by molar-refractivity contribution is 0.0992. The highest BCUT2D eigenvalue weighted by molar-refractivity contribution is 6.43. The molecule has 2 aromatic rings. The zero-order valence-electron chi connectivity index (χ0n) is 9.02. The Morgan fingerprint density at radius 1 is 1.41 bits per heavy atom. The molecular weight excluding hydrogens is 261 g/mol. The number of halogens is 2. The Bertz CT molecular complexity index is 566. The van der Waals surface area contributed by atoms with Gasteiger partial charge in [0.2, 0.25) is 0 Å². The van der Waals surface area contributed by atoms with E-state index in [9.17, 15) is 4.79 Å². The molecule has 0 radical (unpaired) electrons. The minimum Gasteiger partial charge on any atom is -0.294 e. The predicted molar refractivity (Wildman–Crippen MR) is 65.5 cm³/mol. The van der Waals surface area contributed by atoms with E-state index < -0.39 is 0 Å². The van der Waals surface area contributed by atoms with Gasteiger partial charge in [0.1, 0.15) is 0 Å². The molecule has 0 atom stereocenters. The van der Waals surface area contributed by atoms with Gasteiger partial charge in [0.05, 0.1) is 22.2 Å². The van der Waals surface area contributed by atoms with Gasteiger partial charge in [-0.3, -0.25) is 9.48 Å². The molecule has 1 heterocycles. The third kappa shape index (κ3) is 2.65. The molecule has 1 aromatic heterocycles. The quantitative estimate of drug-likeness (QED) is 0.805. The van der Waals surface area contributed by atoms with Crippen LogP contribution >= 0.6 is 23.2 Å². The van der Waals surface area contributed by atoms with Crippen molar-refractivity contribution in [3.63, 3.8) is 0 Å². The van der Waals surface area contributed by atoms with Gasteiger partial charge >= 0.3 is 0 Å². The van der Waals surface area contributed by atoms with Crippen LogP contribution in [0.25, 0.3) is 0 Å².